The lowest BCUT2D eigenvalue weighted by Gasteiger charge is -2.06. The molecular weight excluding hydrogens is 150 g/mol. The van der Waals surface area contributed by atoms with E-state index in [9.17, 15) is 4.21 Å². The van der Waals surface area contributed by atoms with Crippen LogP contribution < -0.4 is 5.32 Å². The monoisotopic (exact) mass is 165 g/mol. The largest absolute Gasteiger partial charge is 0.320 e. The molecule has 0 heterocycles. The zero-order valence-corrected chi connectivity index (χ0v) is 7.28. The number of rotatable bonds is 5. The fourth-order valence-corrected chi connectivity index (χ4v) is 1.37. The van der Waals surface area contributed by atoms with E-state index in [1.807, 2.05) is 14.0 Å². The van der Waals surface area contributed by atoms with Gasteiger partial charge in [-0.25, -0.2) is 4.21 Å². The van der Waals surface area contributed by atoms with Crippen LogP contribution in [0.2, 0.25) is 0 Å². The highest BCUT2D eigenvalue weighted by Gasteiger charge is 2.03. The Labute approximate surface area is 64.5 Å². The van der Waals surface area contributed by atoms with Gasteiger partial charge in [0.25, 0.3) is 0 Å². The van der Waals surface area contributed by atoms with Crippen molar-refractivity contribution in [2.75, 3.05) is 19.3 Å². The lowest BCUT2D eigenvalue weighted by molar-refractivity contribution is 0.522. The molecule has 0 amide bonds. The SMILES string of the molecule is CNCCC(C)CS(=O)O. The molecule has 0 radical (unpaired) electrons. The summed E-state index contributed by atoms with van der Waals surface area (Å²) >= 11 is -1.63. The maximum absolute atomic E-state index is 10.3. The van der Waals surface area contributed by atoms with Crippen molar-refractivity contribution < 1.29 is 8.76 Å². The molecule has 0 aliphatic carbocycles. The van der Waals surface area contributed by atoms with Crippen LogP contribution in [-0.2, 0) is 11.1 Å². The molecule has 62 valence electrons. The summed E-state index contributed by atoms with van der Waals surface area (Å²) < 4.78 is 18.7. The summed E-state index contributed by atoms with van der Waals surface area (Å²) in [7, 11) is 1.88. The van der Waals surface area contributed by atoms with Gasteiger partial charge >= 0.3 is 0 Å². The minimum absolute atomic E-state index is 0.332. The quantitative estimate of drug-likeness (QED) is 0.582. The molecule has 2 unspecified atom stereocenters. The summed E-state index contributed by atoms with van der Waals surface area (Å²) in [5.74, 6) is 0.722. The Morgan fingerprint density at radius 3 is 2.70 bits per heavy atom. The minimum Gasteiger partial charge on any atom is -0.320 e. The van der Waals surface area contributed by atoms with E-state index in [0.29, 0.717) is 11.7 Å². The Hall–Kier alpha value is 0.0700. The smallest absolute Gasteiger partial charge is 0.153 e. The van der Waals surface area contributed by atoms with E-state index >= 15 is 0 Å². The van der Waals surface area contributed by atoms with Gasteiger partial charge in [-0.3, -0.25) is 0 Å². The maximum Gasteiger partial charge on any atom is 0.153 e. The Bertz CT molecular complexity index is 108. The summed E-state index contributed by atoms with van der Waals surface area (Å²) in [6.45, 7) is 2.89. The van der Waals surface area contributed by atoms with E-state index in [2.05, 4.69) is 5.32 Å². The van der Waals surface area contributed by atoms with Crippen molar-refractivity contribution >= 4 is 11.1 Å². The highest BCUT2D eigenvalue weighted by Crippen LogP contribution is 2.00. The number of nitrogens with one attached hydrogen (secondary N) is 1. The van der Waals surface area contributed by atoms with Crippen LogP contribution >= 0.6 is 0 Å². The van der Waals surface area contributed by atoms with Crippen molar-refractivity contribution in [3.8, 4) is 0 Å². The molecule has 0 aliphatic rings. The first kappa shape index (κ1) is 10.1. The standard InChI is InChI=1S/C6H15NO2S/c1-6(3-4-7-2)5-10(8)9/h6-7H,3-5H2,1-2H3,(H,8,9). The Balaban J connectivity index is 3.25. The third kappa shape index (κ3) is 6.19. The molecule has 0 aromatic rings. The van der Waals surface area contributed by atoms with Crippen molar-refractivity contribution in [3.63, 3.8) is 0 Å². The third-order valence-electron chi connectivity index (χ3n) is 1.31. The van der Waals surface area contributed by atoms with Crippen molar-refractivity contribution in [1.82, 2.24) is 5.32 Å². The number of hydrogen-bond donors (Lipinski definition) is 2. The molecule has 0 aliphatic heterocycles. The van der Waals surface area contributed by atoms with Crippen LogP contribution in [0, 0.1) is 5.92 Å². The Morgan fingerprint density at radius 2 is 2.30 bits per heavy atom. The van der Waals surface area contributed by atoms with Crippen molar-refractivity contribution in [2.24, 2.45) is 5.92 Å². The molecule has 2 N–H and O–H groups in total. The molecule has 3 nitrogen and oxygen atoms in total. The van der Waals surface area contributed by atoms with E-state index in [1.165, 1.54) is 0 Å². The molecule has 0 aromatic carbocycles. The molecule has 0 saturated heterocycles. The lowest BCUT2D eigenvalue weighted by atomic mass is 10.1. The fraction of sp³-hybridized carbons (Fsp3) is 1.00. The zero-order chi connectivity index (χ0) is 7.98. The molecule has 0 bridgehead atoms. The van der Waals surface area contributed by atoms with Gasteiger partial charge in [0, 0.05) is 0 Å². The van der Waals surface area contributed by atoms with Gasteiger partial charge in [-0.2, -0.15) is 0 Å². The third-order valence-corrected chi connectivity index (χ3v) is 2.17. The fourth-order valence-electron chi connectivity index (χ4n) is 0.717. The Morgan fingerprint density at radius 1 is 1.70 bits per heavy atom. The first-order valence-corrected chi connectivity index (χ1v) is 4.66. The maximum atomic E-state index is 10.3. The van der Waals surface area contributed by atoms with Crippen LogP contribution in [0.25, 0.3) is 0 Å². The van der Waals surface area contributed by atoms with Crippen molar-refractivity contribution in [1.29, 1.82) is 0 Å². The van der Waals surface area contributed by atoms with Crippen LogP contribution in [0.5, 0.6) is 0 Å². The van der Waals surface area contributed by atoms with Gasteiger partial charge in [0.05, 0.1) is 5.75 Å². The van der Waals surface area contributed by atoms with Gasteiger partial charge in [0.15, 0.2) is 11.1 Å². The van der Waals surface area contributed by atoms with Crippen molar-refractivity contribution in [3.05, 3.63) is 0 Å². The van der Waals surface area contributed by atoms with Gasteiger partial charge in [-0.15, -0.1) is 0 Å². The Kier molecular flexibility index (Phi) is 5.87. The topological polar surface area (TPSA) is 49.3 Å². The van der Waals surface area contributed by atoms with E-state index in [0.717, 1.165) is 13.0 Å². The van der Waals surface area contributed by atoms with Crippen LogP contribution in [0.3, 0.4) is 0 Å². The molecular formula is C6H15NO2S. The van der Waals surface area contributed by atoms with Crippen LogP contribution in [-0.4, -0.2) is 28.1 Å². The predicted molar refractivity (Wildman–Crippen MR) is 43.3 cm³/mol. The minimum atomic E-state index is -1.63. The van der Waals surface area contributed by atoms with Crippen LogP contribution in [0.15, 0.2) is 0 Å². The average Bonchev–Trinajstić information content (AvgIpc) is 1.82. The summed E-state index contributed by atoms with van der Waals surface area (Å²) in [6, 6.07) is 0. The number of hydrogen-bond acceptors (Lipinski definition) is 2. The molecule has 2 atom stereocenters. The highest BCUT2D eigenvalue weighted by atomic mass is 32.2. The second kappa shape index (κ2) is 5.82. The van der Waals surface area contributed by atoms with Gasteiger partial charge in [-0.1, -0.05) is 6.92 Å². The van der Waals surface area contributed by atoms with E-state index < -0.39 is 11.1 Å². The second-order valence-electron chi connectivity index (χ2n) is 2.49. The highest BCUT2D eigenvalue weighted by molar-refractivity contribution is 7.79. The lowest BCUT2D eigenvalue weighted by Crippen LogP contribution is -2.15. The van der Waals surface area contributed by atoms with Crippen LogP contribution in [0.1, 0.15) is 13.3 Å². The first-order chi connectivity index (χ1) is 4.66. The molecule has 0 spiro atoms. The summed E-state index contributed by atoms with van der Waals surface area (Å²) in [5.41, 5.74) is 0. The van der Waals surface area contributed by atoms with Gasteiger partial charge in [-0.05, 0) is 25.9 Å². The second-order valence-corrected chi connectivity index (χ2v) is 3.46. The van der Waals surface area contributed by atoms with E-state index in [-0.39, 0.29) is 0 Å². The van der Waals surface area contributed by atoms with E-state index in [1.54, 1.807) is 0 Å². The molecule has 10 heavy (non-hydrogen) atoms. The predicted octanol–water partition coefficient (Wildman–Crippen LogP) is 0.454. The molecule has 0 aromatic heterocycles. The average molecular weight is 165 g/mol. The molecule has 4 heteroatoms. The summed E-state index contributed by atoms with van der Waals surface area (Å²) in [5, 5.41) is 2.99. The van der Waals surface area contributed by atoms with Gasteiger partial charge in [0.2, 0.25) is 0 Å². The molecule has 0 saturated carbocycles. The zero-order valence-electron chi connectivity index (χ0n) is 6.46. The van der Waals surface area contributed by atoms with Crippen LogP contribution in [0.4, 0.5) is 0 Å². The summed E-state index contributed by atoms with van der Waals surface area (Å²) in [4.78, 5) is 0. The molecule has 0 rings (SSSR count). The summed E-state index contributed by atoms with van der Waals surface area (Å²) in [6.07, 6.45) is 0.961. The first-order valence-electron chi connectivity index (χ1n) is 3.39. The normalized spacial score (nSPS) is 16.7. The van der Waals surface area contributed by atoms with E-state index in [4.69, 9.17) is 4.55 Å². The van der Waals surface area contributed by atoms with Gasteiger partial charge < -0.3 is 9.87 Å². The van der Waals surface area contributed by atoms with Gasteiger partial charge in [0.1, 0.15) is 0 Å². The van der Waals surface area contributed by atoms with Crippen molar-refractivity contribution in [2.45, 2.75) is 13.3 Å². The molecule has 0 fully saturated rings.